The van der Waals surface area contributed by atoms with Crippen LogP contribution in [-0.2, 0) is 6.54 Å². The highest BCUT2D eigenvalue weighted by Crippen LogP contribution is 2.47. The molecule has 0 fully saturated rings. The van der Waals surface area contributed by atoms with Gasteiger partial charge in [0.25, 0.3) is 0 Å². The summed E-state index contributed by atoms with van der Waals surface area (Å²) < 4.78 is 15.8. The van der Waals surface area contributed by atoms with Gasteiger partial charge in [0.15, 0.2) is 5.78 Å². The minimum absolute atomic E-state index is 0. The van der Waals surface area contributed by atoms with Gasteiger partial charge in [-0.25, -0.2) is 33.3 Å². The van der Waals surface area contributed by atoms with Crippen molar-refractivity contribution in [2.24, 2.45) is 0 Å². The zero-order valence-corrected chi connectivity index (χ0v) is 22.7. The Morgan fingerprint density at radius 1 is 1.02 bits per heavy atom. The standard InChI is InChI=1S/C29H24N4O6.ClH/c1-17(34)18-7-9-19(10-8-18)32-27(36)31-15-13-22-25(33(31)28(32)37)21-12-11-20(16-24(21)39-29(22,2)3)38-26(35)23-6-4-5-14-30-23;/h4-14,16,25H,15H2,1-3H3;1H. The van der Waals surface area contributed by atoms with Crippen LogP contribution >= 0.6 is 12.4 Å². The molecular formula is C29H25ClN4O6. The van der Waals surface area contributed by atoms with Crippen LogP contribution in [0.2, 0.25) is 0 Å². The number of esters is 1. The van der Waals surface area contributed by atoms with Crippen LogP contribution in [0.25, 0.3) is 5.69 Å². The van der Waals surface area contributed by atoms with E-state index in [1.165, 1.54) is 22.5 Å². The van der Waals surface area contributed by atoms with Crippen LogP contribution in [-0.4, -0.2) is 36.3 Å². The molecule has 0 amide bonds. The molecule has 0 saturated heterocycles. The monoisotopic (exact) mass is 560 g/mol. The topological polar surface area (TPSA) is 114 Å². The number of benzene rings is 2. The van der Waals surface area contributed by atoms with Gasteiger partial charge in [-0.1, -0.05) is 12.1 Å². The highest BCUT2D eigenvalue weighted by molar-refractivity contribution is 5.94. The van der Waals surface area contributed by atoms with E-state index in [4.69, 9.17) is 9.47 Å². The number of pyridine rings is 1. The number of rotatable bonds is 4. The second-order valence-electron chi connectivity index (χ2n) is 9.91. The molecule has 10 nitrogen and oxygen atoms in total. The third-order valence-corrected chi connectivity index (χ3v) is 7.04. The summed E-state index contributed by atoms with van der Waals surface area (Å²) in [7, 11) is 0. The maximum Gasteiger partial charge on any atom is 0.362 e. The zero-order chi connectivity index (χ0) is 27.5. The fourth-order valence-corrected chi connectivity index (χ4v) is 5.15. The Hall–Kier alpha value is -4.70. The molecule has 0 aliphatic carbocycles. The molecule has 0 N–H and O–H groups in total. The van der Waals surface area contributed by atoms with E-state index in [0.29, 0.717) is 22.6 Å². The molecule has 0 radical (unpaired) electrons. The molecule has 2 aromatic heterocycles. The van der Waals surface area contributed by atoms with Crippen molar-refractivity contribution in [1.29, 1.82) is 0 Å². The van der Waals surface area contributed by atoms with Crippen LogP contribution < -0.4 is 20.9 Å². The first-order valence-electron chi connectivity index (χ1n) is 12.4. The highest BCUT2D eigenvalue weighted by Gasteiger charge is 2.44. The summed E-state index contributed by atoms with van der Waals surface area (Å²) in [5.41, 5.74) is 0.694. The molecule has 2 aliphatic rings. The van der Waals surface area contributed by atoms with Crippen molar-refractivity contribution < 1.29 is 19.1 Å². The lowest BCUT2D eigenvalue weighted by Gasteiger charge is -2.42. The number of ketones is 1. The quantitative estimate of drug-likeness (QED) is 0.162. The number of hydrogen-bond acceptors (Lipinski definition) is 7. The summed E-state index contributed by atoms with van der Waals surface area (Å²) in [4.78, 5) is 55.5. The van der Waals surface area contributed by atoms with Crippen LogP contribution in [0.1, 0.15) is 53.2 Å². The molecule has 4 aromatic rings. The lowest BCUT2D eigenvalue weighted by molar-refractivity contribution is 0.0726. The van der Waals surface area contributed by atoms with Gasteiger partial charge in [0, 0.05) is 23.4 Å². The van der Waals surface area contributed by atoms with Crippen molar-refractivity contribution in [2.45, 2.75) is 39.0 Å². The zero-order valence-electron chi connectivity index (χ0n) is 21.9. The van der Waals surface area contributed by atoms with Crippen molar-refractivity contribution in [1.82, 2.24) is 18.9 Å². The molecule has 40 heavy (non-hydrogen) atoms. The average Bonchev–Trinajstić information content (AvgIpc) is 3.18. The summed E-state index contributed by atoms with van der Waals surface area (Å²) in [6.07, 6.45) is 3.42. The van der Waals surface area contributed by atoms with Crippen molar-refractivity contribution in [3.05, 3.63) is 116 Å². The lowest BCUT2D eigenvalue weighted by Crippen LogP contribution is -2.46. The number of ether oxygens (including phenoxy) is 2. The minimum Gasteiger partial charge on any atom is -0.483 e. The van der Waals surface area contributed by atoms with Gasteiger partial charge < -0.3 is 9.47 Å². The summed E-state index contributed by atoms with van der Waals surface area (Å²) in [5, 5.41) is 0. The SMILES string of the molecule is CC(=O)c1ccc(-n2c(=O)n3n(c2=O)C2C(=CC3)C(C)(C)Oc3cc(OC(=O)c4ccccn4)ccc32)cc1.Cl. The molecule has 1 atom stereocenters. The van der Waals surface area contributed by atoms with Crippen LogP contribution in [0.5, 0.6) is 11.5 Å². The molecule has 204 valence electrons. The molecule has 0 bridgehead atoms. The first kappa shape index (κ1) is 26.9. The summed E-state index contributed by atoms with van der Waals surface area (Å²) in [5.74, 6) is -0.0281. The number of carbonyl (C=O) groups is 2. The number of halogens is 1. The van der Waals surface area contributed by atoms with Crippen molar-refractivity contribution in [3.8, 4) is 17.2 Å². The predicted molar refractivity (Wildman–Crippen MR) is 148 cm³/mol. The van der Waals surface area contributed by atoms with Gasteiger partial charge in [-0.3, -0.25) is 4.79 Å². The Kier molecular flexibility index (Phi) is 6.59. The second kappa shape index (κ2) is 9.80. The molecule has 6 rings (SSSR count). The fraction of sp³-hybridized carbons (Fsp3) is 0.207. The highest BCUT2D eigenvalue weighted by atomic mass is 35.5. The molecule has 2 aliphatic heterocycles. The van der Waals surface area contributed by atoms with Crippen molar-refractivity contribution >= 4 is 24.2 Å². The van der Waals surface area contributed by atoms with Gasteiger partial charge in [-0.05, 0) is 74.9 Å². The molecule has 1 unspecified atom stereocenters. The van der Waals surface area contributed by atoms with E-state index in [0.717, 1.165) is 10.1 Å². The Morgan fingerprint density at radius 3 is 2.45 bits per heavy atom. The van der Waals surface area contributed by atoms with Gasteiger partial charge in [0.05, 0.1) is 12.2 Å². The van der Waals surface area contributed by atoms with Gasteiger partial charge in [-0.2, -0.15) is 0 Å². The largest absolute Gasteiger partial charge is 0.483 e. The Morgan fingerprint density at radius 2 is 1.77 bits per heavy atom. The lowest BCUT2D eigenvalue weighted by atomic mass is 9.83. The molecule has 0 spiro atoms. The van der Waals surface area contributed by atoms with Crippen molar-refractivity contribution in [3.63, 3.8) is 0 Å². The number of aromatic nitrogens is 4. The number of nitrogens with zero attached hydrogens (tertiary/aromatic N) is 4. The van der Waals surface area contributed by atoms with Gasteiger partial charge in [0.1, 0.15) is 28.8 Å². The maximum atomic E-state index is 13.8. The number of hydrogen-bond donors (Lipinski definition) is 0. The van der Waals surface area contributed by atoms with E-state index in [-0.39, 0.29) is 36.2 Å². The van der Waals surface area contributed by atoms with Gasteiger partial charge in [-0.15, -0.1) is 12.4 Å². The second-order valence-corrected chi connectivity index (χ2v) is 9.91. The Balaban J connectivity index is 0.00000323. The average molecular weight is 561 g/mol. The van der Waals surface area contributed by atoms with E-state index in [1.54, 1.807) is 60.7 Å². The fourth-order valence-electron chi connectivity index (χ4n) is 5.15. The molecule has 2 aromatic carbocycles. The first-order chi connectivity index (χ1) is 18.7. The number of allylic oxidation sites excluding steroid dienone is 1. The van der Waals surface area contributed by atoms with E-state index in [9.17, 15) is 19.2 Å². The molecule has 11 heteroatoms. The van der Waals surface area contributed by atoms with Crippen molar-refractivity contribution in [2.75, 3.05) is 0 Å². The van der Waals surface area contributed by atoms with Crippen LogP contribution in [0.4, 0.5) is 0 Å². The van der Waals surface area contributed by atoms with E-state index >= 15 is 0 Å². The van der Waals surface area contributed by atoms with Gasteiger partial charge in [0.2, 0.25) is 0 Å². The summed E-state index contributed by atoms with van der Waals surface area (Å²) >= 11 is 0. The normalized spacial score (nSPS) is 16.3. The Labute approximate surface area is 234 Å². The van der Waals surface area contributed by atoms with Crippen LogP contribution in [0, 0.1) is 0 Å². The maximum absolute atomic E-state index is 13.8. The first-order valence-corrected chi connectivity index (χ1v) is 12.4. The number of Topliss-reactive ketones (excluding diaryl/α,β-unsaturated/α-hetero) is 1. The third kappa shape index (κ3) is 4.26. The smallest absolute Gasteiger partial charge is 0.362 e. The third-order valence-electron chi connectivity index (χ3n) is 7.04. The molecule has 4 heterocycles. The summed E-state index contributed by atoms with van der Waals surface area (Å²) in [6.45, 7) is 5.42. The number of fused-ring (bicyclic) bond motifs is 5. The van der Waals surface area contributed by atoms with Crippen LogP contribution in [0.3, 0.4) is 0 Å². The minimum atomic E-state index is -0.812. The molecular weight excluding hydrogens is 536 g/mol. The molecule has 0 saturated carbocycles. The van der Waals surface area contributed by atoms with E-state index in [1.807, 2.05) is 19.9 Å². The van der Waals surface area contributed by atoms with Crippen LogP contribution in [0.15, 0.2) is 88.1 Å². The Bertz CT molecular complexity index is 1800. The van der Waals surface area contributed by atoms with Gasteiger partial charge >= 0.3 is 17.3 Å². The van der Waals surface area contributed by atoms with E-state index in [2.05, 4.69) is 4.98 Å². The predicted octanol–water partition coefficient (Wildman–Crippen LogP) is 3.74. The summed E-state index contributed by atoms with van der Waals surface area (Å²) in [6, 6.07) is 15.7. The number of carbonyl (C=O) groups excluding carboxylic acids is 2. The van der Waals surface area contributed by atoms with E-state index < -0.39 is 29.0 Å².